The van der Waals surface area contributed by atoms with Gasteiger partial charge < -0.3 is 21.8 Å². The molecule has 9 heteroatoms. The lowest BCUT2D eigenvalue weighted by Crippen LogP contribution is -2.50. The average molecular weight is 288 g/mol. The van der Waals surface area contributed by atoms with Gasteiger partial charge in [-0.2, -0.15) is 4.99 Å². The Morgan fingerprint density at radius 2 is 2.22 bits per heavy atom. The molecule has 0 spiro atoms. The lowest BCUT2D eigenvalue weighted by molar-refractivity contribution is 0.120. The molecule has 1 aromatic rings. The van der Waals surface area contributed by atoms with Gasteiger partial charge in [0.05, 0.1) is 5.02 Å². The van der Waals surface area contributed by atoms with Gasteiger partial charge >= 0.3 is 0 Å². The molecule has 1 atom stereocenters. The lowest BCUT2D eigenvalue weighted by atomic mass is 10.0. The molecule has 2 heterocycles. The van der Waals surface area contributed by atoms with Crippen LogP contribution in [0.5, 0.6) is 0 Å². The minimum atomic E-state index is -1.83. The Labute approximate surface area is 111 Å². The number of rotatable bonds is 2. The SMILES string of the molecule is NC1=NC(O)(Cc2cc(Cl)cs2)C(=NO)C(N)=N1. The third-order valence-electron chi connectivity index (χ3n) is 2.30. The summed E-state index contributed by atoms with van der Waals surface area (Å²) in [4.78, 5) is 8.15. The van der Waals surface area contributed by atoms with E-state index in [2.05, 4.69) is 15.1 Å². The second-order valence-corrected chi connectivity index (χ2v) is 5.07. The predicted molar refractivity (Wildman–Crippen MR) is 70.4 cm³/mol. The van der Waals surface area contributed by atoms with E-state index in [9.17, 15) is 5.11 Å². The Kier molecular flexibility index (Phi) is 3.24. The molecule has 1 aliphatic rings. The molecule has 0 amide bonds. The van der Waals surface area contributed by atoms with Crippen LogP contribution in [0.15, 0.2) is 26.6 Å². The highest BCUT2D eigenvalue weighted by Crippen LogP contribution is 2.26. The molecule has 0 radical (unpaired) electrons. The second-order valence-electron chi connectivity index (χ2n) is 3.64. The number of oxime groups is 1. The highest BCUT2D eigenvalue weighted by atomic mass is 35.5. The summed E-state index contributed by atoms with van der Waals surface area (Å²) in [5, 5.41) is 24.5. The first kappa shape index (κ1) is 12.8. The Bertz CT molecular complexity index is 567. The summed E-state index contributed by atoms with van der Waals surface area (Å²) in [6, 6.07) is 1.67. The minimum absolute atomic E-state index is 0.0424. The predicted octanol–water partition coefficient (Wildman–Crippen LogP) is 0.148. The first-order chi connectivity index (χ1) is 8.44. The topological polar surface area (TPSA) is 130 Å². The quantitative estimate of drug-likeness (QED) is 0.455. The Morgan fingerprint density at radius 3 is 2.78 bits per heavy atom. The van der Waals surface area contributed by atoms with E-state index in [-0.39, 0.29) is 23.9 Å². The molecule has 0 aromatic carbocycles. The fourth-order valence-electron chi connectivity index (χ4n) is 1.59. The second kappa shape index (κ2) is 4.56. The zero-order valence-electron chi connectivity index (χ0n) is 9.04. The molecule has 0 saturated heterocycles. The number of amidine groups is 1. The van der Waals surface area contributed by atoms with Crippen LogP contribution < -0.4 is 11.5 Å². The van der Waals surface area contributed by atoms with Crippen molar-refractivity contribution >= 4 is 40.4 Å². The summed E-state index contributed by atoms with van der Waals surface area (Å²) in [6.07, 6.45) is 0.0424. The number of guanidine groups is 1. The van der Waals surface area contributed by atoms with E-state index in [1.807, 2.05) is 0 Å². The number of nitrogens with zero attached hydrogens (tertiary/aromatic N) is 3. The van der Waals surface area contributed by atoms with Gasteiger partial charge in [-0.05, 0) is 6.07 Å². The van der Waals surface area contributed by atoms with Crippen molar-refractivity contribution in [2.75, 3.05) is 0 Å². The number of nitrogens with two attached hydrogens (primary N) is 2. The molecule has 0 aliphatic carbocycles. The van der Waals surface area contributed by atoms with Crippen molar-refractivity contribution in [2.45, 2.75) is 12.1 Å². The summed E-state index contributed by atoms with van der Waals surface area (Å²) in [5.41, 5.74) is 8.90. The molecule has 7 nitrogen and oxygen atoms in total. The van der Waals surface area contributed by atoms with Crippen molar-refractivity contribution in [3.8, 4) is 0 Å². The number of hydrogen-bond donors (Lipinski definition) is 4. The van der Waals surface area contributed by atoms with Gasteiger partial charge in [0, 0.05) is 16.7 Å². The van der Waals surface area contributed by atoms with Gasteiger partial charge in [-0.1, -0.05) is 16.8 Å². The maximum Gasteiger partial charge on any atom is 0.220 e. The highest BCUT2D eigenvalue weighted by Gasteiger charge is 2.40. The monoisotopic (exact) mass is 287 g/mol. The van der Waals surface area contributed by atoms with Gasteiger partial charge in [0.25, 0.3) is 0 Å². The smallest absolute Gasteiger partial charge is 0.220 e. The fraction of sp³-hybridized carbons (Fsp3) is 0.222. The van der Waals surface area contributed by atoms with E-state index >= 15 is 0 Å². The van der Waals surface area contributed by atoms with Gasteiger partial charge in [0.2, 0.25) is 11.7 Å². The summed E-state index contributed by atoms with van der Waals surface area (Å²) < 4.78 is 0. The fourth-order valence-corrected chi connectivity index (χ4v) is 2.73. The molecular weight excluding hydrogens is 278 g/mol. The van der Waals surface area contributed by atoms with Crippen LogP contribution in [-0.4, -0.2) is 33.5 Å². The van der Waals surface area contributed by atoms with Crippen molar-refractivity contribution in [1.29, 1.82) is 0 Å². The van der Waals surface area contributed by atoms with Crippen LogP contribution in [0.3, 0.4) is 0 Å². The molecule has 6 N–H and O–H groups in total. The minimum Gasteiger partial charge on any atom is -0.410 e. The number of thiophene rings is 1. The van der Waals surface area contributed by atoms with Gasteiger partial charge in [-0.25, -0.2) is 4.99 Å². The maximum absolute atomic E-state index is 10.4. The van der Waals surface area contributed by atoms with Crippen LogP contribution in [-0.2, 0) is 6.42 Å². The average Bonchev–Trinajstić information content (AvgIpc) is 2.62. The van der Waals surface area contributed by atoms with E-state index in [4.69, 9.17) is 28.3 Å². The molecule has 0 saturated carbocycles. The molecule has 2 rings (SSSR count). The molecule has 18 heavy (non-hydrogen) atoms. The highest BCUT2D eigenvalue weighted by molar-refractivity contribution is 7.10. The van der Waals surface area contributed by atoms with Crippen LogP contribution in [0.4, 0.5) is 0 Å². The number of hydrogen-bond acceptors (Lipinski definition) is 8. The summed E-state index contributed by atoms with van der Waals surface area (Å²) in [5.74, 6) is -0.347. The standard InChI is InChI=1S/C9H10ClN5O2S/c10-4-1-5(18-3-4)2-9(16)6(15-17)7(11)13-8(12)14-9/h1,3,16-17H,2H2,(H4,11,12,13,14). The Balaban J connectivity index is 2.37. The van der Waals surface area contributed by atoms with E-state index in [0.29, 0.717) is 5.02 Å². The largest absolute Gasteiger partial charge is 0.410 e. The van der Waals surface area contributed by atoms with Gasteiger partial charge in [0.1, 0.15) is 0 Å². The van der Waals surface area contributed by atoms with Crippen molar-refractivity contribution in [3.05, 3.63) is 21.3 Å². The molecular formula is C9H10ClN5O2S. The molecule has 96 valence electrons. The lowest BCUT2D eigenvalue weighted by Gasteiger charge is -2.26. The van der Waals surface area contributed by atoms with Gasteiger partial charge in [-0.15, -0.1) is 11.3 Å². The maximum atomic E-state index is 10.4. The first-order valence-electron chi connectivity index (χ1n) is 4.82. The van der Waals surface area contributed by atoms with E-state index in [0.717, 1.165) is 4.88 Å². The molecule has 1 aliphatic heterocycles. The zero-order valence-corrected chi connectivity index (χ0v) is 10.6. The van der Waals surface area contributed by atoms with Gasteiger partial charge in [0.15, 0.2) is 11.5 Å². The van der Waals surface area contributed by atoms with Crippen LogP contribution in [0.1, 0.15) is 4.88 Å². The molecule has 0 bridgehead atoms. The first-order valence-corrected chi connectivity index (χ1v) is 6.08. The number of aliphatic hydroxyl groups is 1. The van der Waals surface area contributed by atoms with Crippen LogP contribution in [0.2, 0.25) is 5.02 Å². The van der Waals surface area contributed by atoms with Gasteiger partial charge in [-0.3, -0.25) is 0 Å². The molecule has 1 aromatic heterocycles. The summed E-state index contributed by atoms with van der Waals surface area (Å²) in [7, 11) is 0. The van der Waals surface area contributed by atoms with Crippen molar-refractivity contribution < 1.29 is 10.3 Å². The summed E-state index contributed by atoms with van der Waals surface area (Å²) in [6.45, 7) is 0. The molecule has 1 unspecified atom stereocenters. The normalized spacial score (nSPS) is 26.0. The third kappa shape index (κ3) is 2.30. The van der Waals surface area contributed by atoms with E-state index in [1.54, 1.807) is 11.4 Å². The zero-order chi connectivity index (χ0) is 13.3. The van der Waals surface area contributed by atoms with E-state index < -0.39 is 5.72 Å². The Morgan fingerprint density at radius 1 is 1.50 bits per heavy atom. The van der Waals surface area contributed by atoms with Crippen LogP contribution in [0.25, 0.3) is 0 Å². The molecule has 0 fully saturated rings. The summed E-state index contributed by atoms with van der Waals surface area (Å²) >= 11 is 7.13. The van der Waals surface area contributed by atoms with E-state index in [1.165, 1.54) is 11.3 Å². The van der Waals surface area contributed by atoms with Crippen molar-refractivity contribution in [2.24, 2.45) is 26.6 Å². The Hall–Kier alpha value is -1.64. The third-order valence-corrected chi connectivity index (χ3v) is 3.58. The van der Waals surface area contributed by atoms with Crippen molar-refractivity contribution in [1.82, 2.24) is 0 Å². The van der Waals surface area contributed by atoms with Crippen LogP contribution in [0, 0.1) is 0 Å². The van der Waals surface area contributed by atoms with Crippen molar-refractivity contribution in [3.63, 3.8) is 0 Å². The number of halogens is 1. The van der Waals surface area contributed by atoms with Crippen LogP contribution >= 0.6 is 22.9 Å². The number of aliphatic imine (C=N–C) groups is 2.